The van der Waals surface area contributed by atoms with E-state index in [1.807, 2.05) is 25.3 Å². The van der Waals surface area contributed by atoms with Crippen LogP contribution in [0.5, 0.6) is 0 Å². The minimum Gasteiger partial charge on any atom is -0.321 e. The smallest absolute Gasteiger partial charge is 0.165 e. The van der Waals surface area contributed by atoms with Crippen molar-refractivity contribution in [1.82, 2.24) is 14.6 Å². The summed E-state index contributed by atoms with van der Waals surface area (Å²) in [4.78, 5) is 4.12. The first-order valence-corrected chi connectivity index (χ1v) is 3.83. The molecule has 0 bridgehead atoms. The van der Waals surface area contributed by atoms with Gasteiger partial charge in [-0.3, -0.25) is 0 Å². The van der Waals surface area contributed by atoms with Crippen molar-refractivity contribution < 1.29 is 0 Å². The minimum absolute atomic E-state index is 0.114. The zero-order valence-electron chi connectivity index (χ0n) is 6.81. The Labute approximate surface area is 70.0 Å². The summed E-state index contributed by atoms with van der Waals surface area (Å²) in [5.41, 5.74) is 6.62. The normalized spacial score (nSPS) is 13.5. The number of aromatic nitrogens is 3. The van der Waals surface area contributed by atoms with Crippen molar-refractivity contribution in [3.63, 3.8) is 0 Å². The highest BCUT2D eigenvalue weighted by atomic mass is 15.2. The Hall–Kier alpha value is -1.42. The summed E-state index contributed by atoms with van der Waals surface area (Å²) in [6, 6.07) is 3.76. The molecule has 1 unspecified atom stereocenters. The van der Waals surface area contributed by atoms with E-state index >= 15 is 0 Å². The third-order valence-corrected chi connectivity index (χ3v) is 1.71. The molecule has 0 saturated carbocycles. The maximum absolute atomic E-state index is 5.64. The standard InChI is InChI=1S/C8H10N4/c1-6(9)8-10-5-7-3-2-4-12(7)11-8/h2-6H,9H2,1H3. The van der Waals surface area contributed by atoms with Crippen LogP contribution in [0.2, 0.25) is 0 Å². The maximum Gasteiger partial charge on any atom is 0.165 e. The van der Waals surface area contributed by atoms with Crippen LogP contribution in [-0.2, 0) is 0 Å². The highest BCUT2D eigenvalue weighted by Gasteiger charge is 2.02. The Morgan fingerprint density at radius 2 is 2.42 bits per heavy atom. The Balaban J connectivity index is 2.60. The van der Waals surface area contributed by atoms with E-state index in [0.717, 1.165) is 5.52 Å². The SMILES string of the molecule is CC(N)c1ncc2cccn2n1. The number of fused-ring (bicyclic) bond motifs is 1. The lowest BCUT2D eigenvalue weighted by molar-refractivity contribution is 0.695. The molecule has 0 aliphatic carbocycles. The van der Waals surface area contributed by atoms with Crippen LogP contribution in [0.1, 0.15) is 18.8 Å². The van der Waals surface area contributed by atoms with Gasteiger partial charge in [-0.1, -0.05) is 0 Å². The lowest BCUT2D eigenvalue weighted by atomic mass is 10.3. The molecular weight excluding hydrogens is 152 g/mol. The summed E-state index contributed by atoms with van der Waals surface area (Å²) in [7, 11) is 0. The summed E-state index contributed by atoms with van der Waals surface area (Å²) in [6.07, 6.45) is 3.65. The Morgan fingerprint density at radius 3 is 3.17 bits per heavy atom. The van der Waals surface area contributed by atoms with Crippen LogP contribution in [-0.4, -0.2) is 14.6 Å². The molecule has 2 heterocycles. The fraction of sp³-hybridized carbons (Fsp3) is 0.250. The molecule has 4 nitrogen and oxygen atoms in total. The molecule has 2 aromatic rings. The van der Waals surface area contributed by atoms with Crippen molar-refractivity contribution >= 4 is 5.52 Å². The summed E-state index contributed by atoms with van der Waals surface area (Å²) in [6.45, 7) is 1.87. The monoisotopic (exact) mass is 162 g/mol. The molecule has 2 rings (SSSR count). The van der Waals surface area contributed by atoms with Crippen molar-refractivity contribution in [3.8, 4) is 0 Å². The van der Waals surface area contributed by atoms with Gasteiger partial charge in [-0.05, 0) is 19.1 Å². The summed E-state index contributed by atoms with van der Waals surface area (Å²) < 4.78 is 1.77. The van der Waals surface area contributed by atoms with Crippen LogP contribution >= 0.6 is 0 Å². The van der Waals surface area contributed by atoms with Gasteiger partial charge < -0.3 is 5.73 Å². The zero-order chi connectivity index (χ0) is 8.55. The average molecular weight is 162 g/mol. The second-order valence-electron chi connectivity index (χ2n) is 2.78. The maximum atomic E-state index is 5.64. The first-order valence-electron chi connectivity index (χ1n) is 3.83. The van der Waals surface area contributed by atoms with Crippen molar-refractivity contribution in [1.29, 1.82) is 0 Å². The van der Waals surface area contributed by atoms with Crippen LogP contribution in [0.25, 0.3) is 5.52 Å². The Morgan fingerprint density at radius 1 is 1.58 bits per heavy atom. The number of nitrogens with two attached hydrogens (primary N) is 1. The van der Waals surface area contributed by atoms with Crippen LogP contribution in [0.15, 0.2) is 24.5 Å². The molecule has 0 radical (unpaired) electrons. The number of hydrogen-bond acceptors (Lipinski definition) is 3. The minimum atomic E-state index is -0.114. The second kappa shape index (κ2) is 2.57. The van der Waals surface area contributed by atoms with Crippen molar-refractivity contribution in [2.24, 2.45) is 5.73 Å². The lowest BCUT2D eigenvalue weighted by Crippen LogP contribution is -2.11. The van der Waals surface area contributed by atoms with Crippen molar-refractivity contribution in [2.75, 3.05) is 0 Å². The summed E-state index contributed by atoms with van der Waals surface area (Å²) in [5, 5.41) is 4.22. The molecular formula is C8H10N4. The van der Waals surface area contributed by atoms with Crippen LogP contribution < -0.4 is 5.73 Å². The van der Waals surface area contributed by atoms with Crippen LogP contribution in [0.3, 0.4) is 0 Å². The van der Waals surface area contributed by atoms with Gasteiger partial charge in [0.1, 0.15) is 0 Å². The molecule has 2 aromatic heterocycles. The van der Waals surface area contributed by atoms with E-state index in [4.69, 9.17) is 5.73 Å². The number of nitrogens with zero attached hydrogens (tertiary/aromatic N) is 3. The molecule has 0 spiro atoms. The molecule has 1 atom stereocenters. The third kappa shape index (κ3) is 1.06. The topological polar surface area (TPSA) is 56.2 Å². The Kier molecular flexibility index (Phi) is 1.55. The quantitative estimate of drug-likeness (QED) is 0.673. The average Bonchev–Trinajstić information content (AvgIpc) is 2.49. The molecule has 0 amide bonds. The molecule has 0 fully saturated rings. The zero-order valence-corrected chi connectivity index (χ0v) is 6.81. The molecule has 0 saturated heterocycles. The van der Waals surface area contributed by atoms with Gasteiger partial charge in [0.15, 0.2) is 5.82 Å². The predicted molar refractivity (Wildman–Crippen MR) is 45.6 cm³/mol. The van der Waals surface area contributed by atoms with E-state index in [1.165, 1.54) is 0 Å². The second-order valence-corrected chi connectivity index (χ2v) is 2.78. The molecule has 4 heteroatoms. The van der Waals surface area contributed by atoms with Gasteiger partial charge in [0, 0.05) is 6.20 Å². The Bertz CT molecular complexity index is 391. The van der Waals surface area contributed by atoms with Gasteiger partial charge >= 0.3 is 0 Å². The van der Waals surface area contributed by atoms with Crippen molar-refractivity contribution in [2.45, 2.75) is 13.0 Å². The van der Waals surface area contributed by atoms with Gasteiger partial charge in [-0.15, -0.1) is 0 Å². The van der Waals surface area contributed by atoms with Crippen molar-refractivity contribution in [3.05, 3.63) is 30.4 Å². The highest BCUT2D eigenvalue weighted by molar-refractivity contribution is 5.43. The van der Waals surface area contributed by atoms with Gasteiger partial charge in [0.05, 0.1) is 17.8 Å². The molecule has 62 valence electrons. The first-order chi connectivity index (χ1) is 5.77. The van der Waals surface area contributed by atoms with E-state index in [0.29, 0.717) is 5.82 Å². The number of hydrogen-bond donors (Lipinski definition) is 1. The number of rotatable bonds is 1. The first kappa shape index (κ1) is 7.24. The van der Waals surface area contributed by atoms with Gasteiger partial charge in [-0.25, -0.2) is 9.50 Å². The molecule has 0 aromatic carbocycles. The predicted octanol–water partition coefficient (Wildman–Crippen LogP) is 0.749. The van der Waals surface area contributed by atoms with E-state index < -0.39 is 0 Å². The molecule has 12 heavy (non-hydrogen) atoms. The van der Waals surface area contributed by atoms with Crippen LogP contribution in [0.4, 0.5) is 0 Å². The van der Waals surface area contributed by atoms with E-state index in [9.17, 15) is 0 Å². The highest BCUT2D eigenvalue weighted by Crippen LogP contribution is 2.04. The lowest BCUT2D eigenvalue weighted by Gasteiger charge is -2.02. The molecule has 2 N–H and O–H groups in total. The largest absolute Gasteiger partial charge is 0.321 e. The van der Waals surface area contributed by atoms with E-state index in [2.05, 4.69) is 10.1 Å². The third-order valence-electron chi connectivity index (χ3n) is 1.71. The van der Waals surface area contributed by atoms with Gasteiger partial charge in [0.2, 0.25) is 0 Å². The molecule has 0 aliphatic rings. The van der Waals surface area contributed by atoms with Crippen LogP contribution in [0, 0.1) is 0 Å². The fourth-order valence-corrected chi connectivity index (χ4v) is 1.06. The van der Waals surface area contributed by atoms with Gasteiger partial charge in [0.25, 0.3) is 0 Å². The molecule has 0 aliphatic heterocycles. The van der Waals surface area contributed by atoms with Gasteiger partial charge in [-0.2, -0.15) is 5.10 Å². The van der Waals surface area contributed by atoms with E-state index in [1.54, 1.807) is 10.7 Å². The summed E-state index contributed by atoms with van der Waals surface area (Å²) >= 11 is 0. The fourth-order valence-electron chi connectivity index (χ4n) is 1.06. The van der Waals surface area contributed by atoms with E-state index in [-0.39, 0.29) is 6.04 Å². The summed E-state index contributed by atoms with van der Waals surface area (Å²) in [5.74, 6) is 0.665.